The zero-order chi connectivity index (χ0) is 16.6. The molecule has 2 heterocycles. The number of aromatic nitrogens is 1. The minimum Gasteiger partial charge on any atom is -0.350 e. The number of amides is 1. The lowest BCUT2D eigenvalue weighted by Crippen LogP contribution is -2.37. The van der Waals surface area contributed by atoms with Crippen LogP contribution < -0.4 is 0 Å². The zero-order valence-corrected chi connectivity index (χ0v) is 13.2. The Morgan fingerprint density at radius 1 is 1.39 bits per heavy atom. The first-order valence-corrected chi connectivity index (χ1v) is 8.88. The Balaban J connectivity index is 1.79. The van der Waals surface area contributed by atoms with Gasteiger partial charge in [-0.2, -0.15) is 0 Å². The molecule has 3 rings (SSSR count). The van der Waals surface area contributed by atoms with Crippen molar-refractivity contribution in [3.8, 4) is 11.3 Å². The van der Waals surface area contributed by atoms with Gasteiger partial charge in [0.2, 0.25) is 5.76 Å². The molecule has 1 unspecified atom stereocenters. The summed E-state index contributed by atoms with van der Waals surface area (Å²) in [6.07, 6.45) is 0.412. The number of nitrogens with zero attached hydrogens (tertiary/aromatic N) is 2. The Hall–Kier alpha value is -2.22. The largest absolute Gasteiger partial charge is 0.350 e. The number of carbonyl (C=O) groups is 1. The maximum Gasteiger partial charge on any atom is 0.292 e. The van der Waals surface area contributed by atoms with Gasteiger partial charge >= 0.3 is 0 Å². The predicted molar refractivity (Wildman–Crippen MR) is 81.0 cm³/mol. The van der Waals surface area contributed by atoms with Crippen molar-refractivity contribution >= 4 is 15.7 Å². The van der Waals surface area contributed by atoms with Crippen molar-refractivity contribution in [2.24, 2.45) is 0 Å². The lowest BCUT2D eigenvalue weighted by Gasteiger charge is -2.21. The van der Waals surface area contributed by atoms with Gasteiger partial charge in [0, 0.05) is 24.7 Å². The van der Waals surface area contributed by atoms with Crippen molar-refractivity contribution in [2.45, 2.75) is 12.5 Å². The molecule has 8 heteroatoms. The molecule has 1 aliphatic rings. The molecule has 2 aromatic rings. The van der Waals surface area contributed by atoms with Gasteiger partial charge in [0.15, 0.2) is 9.84 Å². The molecule has 0 bridgehead atoms. The first-order valence-electron chi connectivity index (χ1n) is 7.06. The van der Waals surface area contributed by atoms with Gasteiger partial charge in [-0.05, 0) is 18.6 Å². The molecule has 0 spiro atoms. The van der Waals surface area contributed by atoms with Crippen LogP contribution in [0.2, 0.25) is 0 Å². The topological polar surface area (TPSA) is 80.5 Å². The molecule has 6 nitrogen and oxygen atoms in total. The Morgan fingerprint density at radius 2 is 2.17 bits per heavy atom. The number of halogens is 1. The molecule has 1 aromatic carbocycles. The molecule has 1 aliphatic heterocycles. The minimum absolute atomic E-state index is 0.00365. The standard InChI is InChI=1S/C15H15FN2O4S/c1-18(12-5-6-23(20,21)9-12)15(19)14-8-13(17-22-14)10-3-2-4-11(16)7-10/h2-4,7-8,12H,5-6,9H2,1H3. The molecular weight excluding hydrogens is 323 g/mol. The lowest BCUT2D eigenvalue weighted by atomic mass is 10.1. The van der Waals surface area contributed by atoms with Crippen LogP contribution in [0.5, 0.6) is 0 Å². The van der Waals surface area contributed by atoms with E-state index < -0.39 is 21.6 Å². The van der Waals surface area contributed by atoms with Crippen molar-refractivity contribution in [1.29, 1.82) is 0 Å². The Bertz CT molecular complexity index is 847. The maximum absolute atomic E-state index is 13.2. The molecule has 1 fully saturated rings. The monoisotopic (exact) mass is 338 g/mol. The van der Waals surface area contributed by atoms with Crippen LogP contribution in [0.15, 0.2) is 34.9 Å². The number of rotatable bonds is 3. The highest BCUT2D eigenvalue weighted by molar-refractivity contribution is 7.91. The van der Waals surface area contributed by atoms with Crippen LogP contribution in [-0.4, -0.2) is 49.0 Å². The summed E-state index contributed by atoms with van der Waals surface area (Å²) in [5.74, 6) is -0.814. The number of carbonyl (C=O) groups excluding carboxylic acids is 1. The van der Waals surface area contributed by atoms with Crippen LogP contribution in [0.25, 0.3) is 11.3 Å². The molecule has 0 radical (unpaired) electrons. The van der Waals surface area contributed by atoms with E-state index in [0.717, 1.165) is 0 Å². The lowest BCUT2D eigenvalue weighted by molar-refractivity contribution is 0.0705. The van der Waals surface area contributed by atoms with E-state index in [-0.39, 0.29) is 23.3 Å². The first kappa shape index (κ1) is 15.7. The fourth-order valence-corrected chi connectivity index (χ4v) is 4.35. The molecule has 23 heavy (non-hydrogen) atoms. The highest BCUT2D eigenvalue weighted by Crippen LogP contribution is 2.22. The SMILES string of the molecule is CN(C(=O)c1cc(-c2cccc(F)c2)no1)C1CCS(=O)(=O)C1. The van der Waals surface area contributed by atoms with E-state index in [1.54, 1.807) is 6.07 Å². The number of hydrogen-bond acceptors (Lipinski definition) is 5. The Kier molecular flexibility index (Phi) is 3.93. The van der Waals surface area contributed by atoms with Gasteiger partial charge in [0.1, 0.15) is 11.5 Å². The molecular formula is C15H15FN2O4S. The number of hydrogen-bond donors (Lipinski definition) is 0. The van der Waals surface area contributed by atoms with Gasteiger partial charge in [0.25, 0.3) is 5.91 Å². The van der Waals surface area contributed by atoms with E-state index in [9.17, 15) is 17.6 Å². The number of sulfone groups is 1. The average Bonchev–Trinajstić information content (AvgIpc) is 3.12. The van der Waals surface area contributed by atoms with Crippen LogP contribution >= 0.6 is 0 Å². The van der Waals surface area contributed by atoms with Crippen LogP contribution in [0.1, 0.15) is 17.0 Å². The van der Waals surface area contributed by atoms with Gasteiger partial charge in [-0.15, -0.1) is 0 Å². The molecule has 0 saturated carbocycles. The van der Waals surface area contributed by atoms with Gasteiger partial charge in [-0.25, -0.2) is 12.8 Å². The van der Waals surface area contributed by atoms with E-state index in [2.05, 4.69) is 5.16 Å². The quantitative estimate of drug-likeness (QED) is 0.851. The molecule has 1 aromatic heterocycles. The summed E-state index contributed by atoms with van der Waals surface area (Å²) in [5, 5.41) is 3.78. The van der Waals surface area contributed by atoms with Gasteiger partial charge in [0.05, 0.1) is 11.5 Å². The molecule has 1 saturated heterocycles. The molecule has 122 valence electrons. The van der Waals surface area contributed by atoms with E-state index in [1.165, 1.54) is 36.2 Å². The van der Waals surface area contributed by atoms with E-state index in [1.807, 2.05) is 0 Å². The summed E-state index contributed by atoms with van der Waals surface area (Å²) in [6.45, 7) is 0. The third kappa shape index (κ3) is 3.26. The molecule has 0 N–H and O–H groups in total. The minimum atomic E-state index is -3.08. The molecule has 1 atom stereocenters. The second-order valence-electron chi connectivity index (χ2n) is 5.56. The van der Waals surface area contributed by atoms with Crippen molar-refractivity contribution in [3.05, 3.63) is 41.9 Å². The summed E-state index contributed by atoms with van der Waals surface area (Å²) in [4.78, 5) is 13.7. The zero-order valence-electron chi connectivity index (χ0n) is 12.4. The fourth-order valence-electron chi connectivity index (χ4n) is 2.58. The van der Waals surface area contributed by atoms with Crippen LogP contribution in [0.4, 0.5) is 4.39 Å². The van der Waals surface area contributed by atoms with Gasteiger partial charge in [-0.3, -0.25) is 4.79 Å². The second-order valence-corrected chi connectivity index (χ2v) is 7.79. The maximum atomic E-state index is 13.2. The van der Waals surface area contributed by atoms with Gasteiger partial charge < -0.3 is 9.42 Å². The average molecular weight is 338 g/mol. The molecule has 0 aliphatic carbocycles. The van der Waals surface area contributed by atoms with Crippen molar-refractivity contribution in [2.75, 3.05) is 18.6 Å². The Labute approximate surface area is 132 Å². The van der Waals surface area contributed by atoms with Crippen LogP contribution in [0, 0.1) is 5.82 Å². The van der Waals surface area contributed by atoms with Crippen molar-refractivity contribution in [1.82, 2.24) is 10.1 Å². The highest BCUT2D eigenvalue weighted by atomic mass is 32.2. The van der Waals surface area contributed by atoms with Crippen molar-refractivity contribution < 1.29 is 22.1 Å². The van der Waals surface area contributed by atoms with Gasteiger partial charge in [-0.1, -0.05) is 17.3 Å². The van der Waals surface area contributed by atoms with E-state index in [4.69, 9.17) is 4.52 Å². The van der Waals surface area contributed by atoms with Crippen molar-refractivity contribution in [3.63, 3.8) is 0 Å². The smallest absolute Gasteiger partial charge is 0.292 e. The molecule has 1 amide bonds. The summed E-state index contributed by atoms with van der Waals surface area (Å²) in [7, 11) is -1.54. The van der Waals surface area contributed by atoms with Crippen LogP contribution in [0.3, 0.4) is 0 Å². The highest BCUT2D eigenvalue weighted by Gasteiger charge is 2.34. The third-order valence-electron chi connectivity index (χ3n) is 3.92. The summed E-state index contributed by atoms with van der Waals surface area (Å²) in [5.41, 5.74) is 0.846. The first-order chi connectivity index (χ1) is 10.9. The summed E-state index contributed by atoms with van der Waals surface area (Å²) < 4.78 is 41.3. The normalized spacial score (nSPS) is 19.7. The predicted octanol–water partition coefficient (Wildman–Crippen LogP) is 1.74. The Morgan fingerprint density at radius 3 is 2.83 bits per heavy atom. The number of benzene rings is 1. The summed E-state index contributed by atoms with van der Waals surface area (Å²) >= 11 is 0. The second kappa shape index (κ2) is 5.77. The third-order valence-corrected chi connectivity index (χ3v) is 5.67. The fraction of sp³-hybridized carbons (Fsp3) is 0.333. The summed E-state index contributed by atoms with van der Waals surface area (Å²) in [6, 6.07) is 6.86. The van der Waals surface area contributed by atoms with Crippen LogP contribution in [-0.2, 0) is 9.84 Å². The van der Waals surface area contributed by atoms with E-state index >= 15 is 0 Å². The van der Waals surface area contributed by atoms with E-state index in [0.29, 0.717) is 17.7 Å².